The van der Waals surface area contributed by atoms with Crippen LogP contribution in [0.3, 0.4) is 0 Å². The molecule has 13 heavy (non-hydrogen) atoms. The lowest BCUT2D eigenvalue weighted by atomic mass is 10.2. The van der Waals surface area contributed by atoms with Gasteiger partial charge < -0.3 is 16.6 Å². The number of nitrogens with two attached hydrogens (primary N) is 2. The zero-order chi connectivity index (χ0) is 9.84. The maximum atomic E-state index is 9.30. The number of nitrogens with zero attached hydrogens (tertiary/aromatic N) is 2. The summed E-state index contributed by atoms with van der Waals surface area (Å²) in [6, 6.07) is 4.90. The van der Waals surface area contributed by atoms with E-state index in [1.54, 1.807) is 6.07 Å². The number of hydrogen-bond acceptors (Lipinski definition) is 5. The number of nitriles is 1. The summed E-state index contributed by atoms with van der Waals surface area (Å²) in [4.78, 5) is 3.85. The van der Waals surface area contributed by atoms with E-state index in [0.717, 1.165) is 0 Å². The van der Waals surface area contributed by atoms with Crippen molar-refractivity contribution in [1.82, 2.24) is 4.98 Å². The monoisotopic (exact) mass is 178 g/mol. The van der Waals surface area contributed by atoms with Gasteiger partial charge in [-0.25, -0.2) is 4.98 Å². The van der Waals surface area contributed by atoms with Crippen LogP contribution >= 0.6 is 0 Å². The molecule has 1 atom stereocenters. The van der Waals surface area contributed by atoms with Gasteiger partial charge >= 0.3 is 0 Å². The van der Waals surface area contributed by atoms with Crippen LogP contribution in [0.2, 0.25) is 0 Å². The van der Waals surface area contributed by atoms with Gasteiger partial charge in [-0.15, -0.1) is 0 Å². The Balaban J connectivity index is 3.08. The van der Waals surface area contributed by atoms with Crippen LogP contribution in [0.25, 0.3) is 0 Å². The van der Waals surface area contributed by atoms with Gasteiger partial charge in [-0.3, -0.25) is 0 Å². The molecule has 5 N–H and O–H groups in total. The minimum atomic E-state index is -0.840. The standard InChI is InChI=1S/C8H10N4O/c9-3-7-5(11)1-2-6(12-7)8(13)4-10/h1-2,8,13H,4,10-11H2. The van der Waals surface area contributed by atoms with Crippen molar-refractivity contribution < 1.29 is 5.11 Å². The highest BCUT2D eigenvalue weighted by atomic mass is 16.3. The minimum absolute atomic E-state index is 0.0712. The molecule has 68 valence electrons. The van der Waals surface area contributed by atoms with Crippen molar-refractivity contribution in [2.24, 2.45) is 5.73 Å². The van der Waals surface area contributed by atoms with Gasteiger partial charge in [0, 0.05) is 6.54 Å². The Morgan fingerprint density at radius 2 is 2.31 bits per heavy atom. The fraction of sp³-hybridized carbons (Fsp3) is 0.250. The summed E-state index contributed by atoms with van der Waals surface area (Å²) in [7, 11) is 0. The lowest BCUT2D eigenvalue weighted by molar-refractivity contribution is 0.182. The van der Waals surface area contributed by atoms with Gasteiger partial charge in [0.15, 0.2) is 5.69 Å². The number of nitrogen functional groups attached to an aromatic ring is 1. The van der Waals surface area contributed by atoms with E-state index < -0.39 is 6.10 Å². The summed E-state index contributed by atoms with van der Waals surface area (Å²) in [6.07, 6.45) is -0.840. The molecule has 5 nitrogen and oxygen atoms in total. The number of aliphatic hydroxyl groups excluding tert-OH is 1. The van der Waals surface area contributed by atoms with Crippen LogP contribution in [0.1, 0.15) is 17.5 Å². The quantitative estimate of drug-likeness (QED) is 0.567. The highest BCUT2D eigenvalue weighted by molar-refractivity contribution is 5.50. The molecular formula is C8H10N4O. The first-order valence-electron chi connectivity index (χ1n) is 3.73. The Hall–Kier alpha value is -1.64. The van der Waals surface area contributed by atoms with Gasteiger partial charge in [-0.1, -0.05) is 0 Å². The third-order valence-electron chi connectivity index (χ3n) is 1.62. The summed E-state index contributed by atoms with van der Waals surface area (Å²) in [5.74, 6) is 0. The van der Waals surface area contributed by atoms with Gasteiger partial charge in [0.05, 0.1) is 11.4 Å². The van der Waals surface area contributed by atoms with Crippen LogP contribution in [0.15, 0.2) is 12.1 Å². The van der Waals surface area contributed by atoms with Crippen molar-refractivity contribution >= 4 is 5.69 Å². The van der Waals surface area contributed by atoms with Crippen LogP contribution in [-0.4, -0.2) is 16.6 Å². The molecule has 0 aliphatic heterocycles. The summed E-state index contributed by atoms with van der Waals surface area (Å²) < 4.78 is 0. The predicted molar refractivity (Wildman–Crippen MR) is 47.4 cm³/mol. The molecule has 0 aliphatic rings. The first-order chi connectivity index (χ1) is 6.19. The summed E-state index contributed by atoms with van der Waals surface area (Å²) in [6.45, 7) is 0.0712. The molecule has 5 heteroatoms. The van der Waals surface area contributed by atoms with E-state index in [1.807, 2.05) is 6.07 Å². The van der Waals surface area contributed by atoms with Crippen molar-refractivity contribution in [3.63, 3.8) is 0 Å². The number of anilines is 1. The lowest BCUT2D eigenvalue weighted by Crippen LogP contribution is -2.13. The Morgan fingerprint density at radius 3 is 2.85 bits per heavy atom. The average molecular weight is 178 g/mol. The van der Waals surface area contributed by atoms with E-state index >= 15 is 0 Å². The fourth-order valence-electron chi connectivity index (χ4n) is 0.881. The van der Waals surface area contributed by atoms with Crippen molar-refractivity contribution in [2.45, 2.75) is 6.10 Å². The van der Waals surface area contributed by atoms with E-state index in [9.17, 15) is 5.11 Å². The Bertz CT molecular complexity index is 344. The van der Waals surface area contributed by atoms with Gasteiger partial charge in [0.2, 0.25) is 0 Å². The maximum Gasteiger partial charge on any atom is 0.163 e. The predicted octanol–water partition coefficient (Wildman–Crippen LogP) is -0.472. The van der Waals surface area contributed by atoms with Crippen molar-refractivity contribution in [3.8, 4) is 6.07 Å². The second-order valence-electron chi connectivity index (χ2n) is 2.54. The molecule has 0 amide bonds. The largest absolute Gasteiger partial charge is 0.396 e. The maximum absolute atomic E-state index is 9.30. The number of aliphatic hydroxyl groups is 1. The highest BCUT2D eigenvalue weighted by Gasteiger charge is 2.08. The molecule has 1 rings (SSSR count). The molecule has 0 spiro atoms. The SMILES string of the molecule is N#Cc1nc(C(O)CN)ccc1N. The topological polar surface area (TPSA) is 109 Å². The van der Waals surface area contributed by atoms with Crippen molar-refractivity contribution in [1.29, 1.82) is 5.26 Å². The number of rotatable bonds is 2. The molecule has 0 radical (unpaired) electrons. The summed E-state index contributed by atoms with van der Waals surface area (Å²) >= 11 is 0. The molecule has 1 aromatic rings. The van der Waals surface area contributed by atoms with Crippen LogP contribution in [0, 0.1) is 11.3 Å². The average Bonchev–Trinajstić information content (AvgIpc) is 2.17. The first kappa shape index (κ1) is 9.45. The van der Waals surface area contributed by atoms with Crippen molar-refractivity contribution in [3.05, 3.63) is 23.5 Å². The van der Waals surface area contributed by atoms with Gasteiger partial charge in [0.1, 0.15) is 12.2 Å². The molecule has 0 aliphatic carbocycles. The smallest absolute Gasteiger partial charge is 0.163 e. The molecule has 1 unspecified atom stereocenters. The van der Waals surface area contributed by atoms with Crippen LogP contribution in [0.4, 0.5) is 5.69 Å². The Morgan fingerprint density at radius 1 is 1.62 bits per heavy atom. The van der Waals surface area contributed by atoms with Crippen molar-refractivity contribution in [2.75, 3.05) is 12.3 Å². The molecule has 0 saturated carbocycles. The molecule has 1 aromatic heterocycles. The van der Waals surface area contributed by atoms with Crippen LogP contribution in [-0.2, 0) is 0 Å². The number of aromatic nitrogens is 1. The second-order valence-corrected chi connectivity index (χ2v) is 2.54. The minimum Gasteiger partial charge on any atom is -0.396 e. The van der Waals surface area contributed by atoms with E-state index in [1.165, 1.54) is 6.07 Å². The third kappa shape index (κ3) is 1.93. The summed E-state index contributed by atoms with van der Waals surface area (Å²) in [5, 5.41) is 17.9. The van der Waals surface area contributed by atoms with E-state index in [-0.39, 0.29) is 12.2 Å². The zero-order valence-electron chi connectivity index (χ0n) is 6.94. The van der Waals surface area contributed by atoms with Gasteiger partial charge in [-0.2, -0.15) is 5.26 Å². The van der Waals surface area contributed by atoms with E-state index in [0.29, 0.717) is 11.4 Å². The van der Waals surface area contributed by atoms with E-state index in [4.69, 9.17) is 16.7 Å². The van der Waals surface area contributed by atoms with Gasteiger partial charge in [-0.05, 0) is 12.1 Å². The van der Waals surface area contributed by atoms with Crippen LogP contribution in [0.5, 0.6) is 0 Å². The first-order valence-corrected chi connectivity index (χ1v) is 3.73. The van der Waals surface area contributed by atoms with Crippen LogP contribution < -0.4 is 11.5 Å². The third-order valence-corrected chi connectivity index (χ3v) is 1.62. The zero-order valence-corrected chi connectivity index (χ0v) is 6.94. The number of pyridine rings is 1. The highest BCUT2D eigenvalue weighted by Crippen LogP contribution is 2.13. The van der Waals surface area contributed by atoms with Gasteiger partial charge in [0.25, 0.3) is 0 Å². The second kappa shape index (κ2) is 3.85. The molecule has 0 saturated heterocycles. The molecule has 0 fully saturated rings. The fourth-order valence-corrected chi connectivity index (χ4v) is 0.881. The Kier molecular flexibility index (Phi) is 2.80. The molecule has 1 heterocycles. The molecular weight excluding hydrogens is 168 g/mol. The normalized spacial score (nSPS) is 12.1. The summed E-state index contributed by atoms with van der Waals surface area (Å²) in [5.41, 5.74) is 11.5. The number of hydrogen-bond donors (Lipinski definition) is 3. The molecule has 0 bridgehead atoms. The molecule has 0 aromatic carbocycles. The Labute approximate surface area is 75.6 Å². The lowest BCUT2D eigenvalue weighted by Gasteiger charge is -2.07. The van der Waals surface area contributed by atoms with E-state index in [2.05, 4.69) is 4.98 Å².